The van der Waals surface area contributed by atoms with Crippen molar-refractivity contribution in [3.63, 3.8) is 0 Å². The molecule has 0 spiro atoms. The standard InChI is InChI=1S/C16H11F2N/c17-14-6-13(7-15(18)9-14)11-1-2-12-8-16(19)4-3-10(12)5-11/h1-9H,19H2. The van der Waals surface area contributed by atoms with Gasteiger partial charge in [0.25, 0.3) is 0 Å². The summed E-state index contributed by atoms with van der Waals surface area (Å²) < 4.78 is 26.4. The van der Waals surface area contributed by atoms with E-state index < -0.39 is 11.6 Å². The molecule has 0 aliphatic heterocycles. The number of nitrogen functional groups attached to an aromatic ring is 1. The van der Waals surface area contributed by atoms with Crippen LogP contribution in [0.15, 0.2) is 54.6 Å². The summed E-state index contributed by atoms with van der Waals surface area (Å²) >= 11 is 0. The first kappa shape index (κ1) is 11.7. The lowest BCUT2D eigenvalue weighted by Crippen LogP contribution is -1.86. The minimum absolute atomic E-state index is 0.524. The molecule has 0 unspecified atom stereocenters. The van der Waals surface area contributed by atoms with Crippen molar-refractivity contribution in [3.05, 3.63) is 66.2 Å². The van der Waals surface area contributed by atoms with Gasteiger partial charge in [0.05, 0.1) is 0 Å². The largest absolute Gasteiger partial charge is 0.399 e. The Bertz CT molecular complexity index is 746. The van der Waals surface area contributed by atoms with Gasteiger partial charge in [-0.1, -0.05) is 18.2 Å². The lowest BCUT2D eigenvalue weighted by atomic mass is 10.0. The first-order valence-corrected chi connectivity index (χ1v) is 5.87. The summed E-state index contributed by atoms with van der Waals surface area (Å²) in [6.07, 6.45) is 0. The van der Waals surface area contributed by atoms with E-state index in [1.807, 2.05) is 30.3 Å². The van der Waals surface area contributed by atoms with Crippen molar-refractivity contribution in [2.24, 2.45) is 0 Å². The smallest absolute Gasteiger partial charge is 0.126 e. The molecule has 1 nitrogen and oxygen atoms in total. The first-order chi connectivity index (χ1) is 9.11. The van der Waals surface area contributed by atoms with Crippen LogP contribution in [0.1, 0.15) is 0 Å². The third kappa shape index (κ3) is 2.27. The molecule has 0 fully saturated rings. The molecule has 0 amide bonds. The zero-order chi connectivity index (χ0) is 13.4. The maximum absolute atomic E-state index is 13.2. The summed E-state index contributed by atoms with van der Waals surface area (Å²) in [4.78, 5) is 0. The molecule has 19 heavy (non-hydrogen) atoms. The molecule has 0 saturated heterocycles. The molecular weight excluding hydrogens is 244 g/mol. The number of hydrogen-bond donors (Lipinski definition) is 1. The SMILES string of the molecule is Nc1ccc2cc(-c3cc(F)cc(F)c3)ccc2c1. The predicted octanol–water partition coefficient (Wildman–Crippen LogP) is 4.37. The minimum Gasteiger partial charge on any atom is -0.399 e. The van der Waals surface area contributed by atoms with Crippen molar-refractivity contribution in [1.82, 2.24) is 0 Å². The van der Waals surface area contributed by atoms with Crippen LogP contribution in [0.3, 0.4) is 0 Å². The van der Waals surface area contributed by atoms with Crippen LogP contribution in [0.4, 0.5) is 14.5 Å². The van der Waals surface area contributed by atoms with Gasteiger partial charge in [-0.25, -0.2) is 8.78 Å². The van der Waals surface area contributed by atoms with E-state index in [2.05, 4.69) is 0 Å². The van der Waals surface area contributed by atoms with Gasteiger partial charge in [0, 0.05) is 11.8 Å². The maximum Gasteiger partial charge on any atom is 0.126 e. The van der Waals surface area contributed by atoms with Crippen LogP contribution >= 0.6 is 0 Å². The van der Waals surface area contributed by atoms with Crippen LogP contribution in [-0.4, -0.2) is 0 Å². The van der Waals surface area contributed by atoms with Gasteiger partial charge in [-0.05, 0) is 52.2 Å². The van der Waals surface area contributed by atoms with Gasteiger partial charge in [0.1, 0.15) is 11.6 Å². The highest BCUT2D eigenvalue weighted by Gasteiger charge is 2.04. The number of nitrogens with two attached hydrogens (primary N) is 1. The minimum atomic E-state index is -0.576. The first-order valence-electron chi connectivity index (χ1n) is 5.87. The molecule has 0 aliphatic carbocycles. The molecule has 0 aliphatic rings. The highest BCUT2D eigenvalue weighted by molar-refractivity contribution is 5.89. The molecule has 3 heteroatoms. The van der Waals surface area contributed by atoms with Crippen LogP contribution in [0.2, 0.25) is 0 Å². The molecule has 0 radical (unpaired) electrons. The number of fused-ring (bicyclic) bond motifs is 1. The van der Waals surface area contributed by atoms with Gasteiger partial charge in [0.2, 0.25) is 0 Å². The molecule has 0 heterocycles. The Hall–Kier alpha value is -2.42. The Balaban J connectivity index is 2.17. The Morgan fingerprint density at radius 3 is 2.00 bits per heavy atom. The average Bonchev–Trinajstić information content (AvgIpc) is 2.37. The normalized spacial score (nSPS) is 10.8. The van der Waals surface area contributed by atoms with Crippen LogP contribution in [0.25, 0.3) is 21.9 Å². The Morgan fingerprint density at radius 1 is 0.632 bits per heavy atom. The molecule has 0 bridgehead atoms. The van der Waals surface area contributed by atoms with Crippen molar-refractivity contribution in [2.75, 3.05) is 5.73 Å². The summed E-state index contributed by atoms with van der Waals surface area (Å²) in [5, 5.41) is 1.98. The Labute approximate surface area is 109 Å². The van der Waals surface area contributed by atoms with Crippen molar-refractivity contribution in [2.45, 2.75) is 0 Å². The van der Waals surface area contributed by atoms with Crippen molar-refractivity contribution >= 4 is 16.5 Å². The molecule has 3 aromatic carbocycles. The fourth-order valence-electron chi connectivity index (χ4n) is 2.16. The zero-order valence-electron chi connectivity index (χ0n) is 10.0. The van der Waals surface area contributed by atoms with E-state index in [1.165, 1.54) is 12.1 Å². The van der Waals surface area contributed by atoms with Gasteiger partial charge in [-0.2, -0.15) is 0 Å². The van der Waals surface area contributed by atoms with Crippen LogP contribution < -0.4 is 5.73 Å². The Morgan fingerprint density at radius 2 is 1.26 bits per heavy atom. The highest BCUT2D eigenvalue weighted by Crippen LogP contribution is 2.26. The number of benzene rings is 3. The van der Waals surface area contributed by atoms with Crippen molar-refractivity contribution in [3.8, 4) is 11.1 Å². The fourth-order valence-corrected chi connectivity index (χ4v) is 2.16. The Kier molecular flexibility index (Phi) is 2.67. The van der Waals surface area contributed by atoms with E-state index in [9.17, 15) is 8.78 Å². The topological polar surface area (TPSA) is 26.0 Å². The second-order valence-corrected chi connectivity index (χ2v) is 4.48. The van der Waals surface area contributed by atoms with Gasteiger partial charge < -0.3 is 5.73 Å². The summed E-state index contributed by atoms with van der Waals surface area (Å²) in [5.74, 6) is -1.15. The van der Waals surface area contributed by atoms with Crippen LogP contribution in [-0.2, 0) is 0 Å². The molecule has 3 aromatic rings. The average molecular weight is 255 g/mol. The molecule has 0 atom stereocenters. The van der Waals surface area contributed by atoms with Crippen LogP contribution in [0.5, 0.6) is 0 Å². The third-order valence-corrected chi connectivity index (χ3v) is 3.06. The van der Waals surface area contributed by atoms with E-state index >= 15 is 0 Å². The number of halogens is 2. The molecular formula is C16H11F2N. The lowest BCUT2D eigenvalue weighted by Gasteiger charge is -2.05. The molecule has 94 valence electrons. The molecule has 0 saturated carbocycles. The lowest BCUT2D eigenvalue weighted by molar-refractivity contribution is 0.584. The van der Waals surface area contributed by atoms with E-state index in [0.29, 0.717) is 11.3 Å². The zero-order valence-corrected chi connectivity index (χ0v) is 10.0. The summed E-state index contributed by atoms with van der Waals surface area (Å²) in [5.41, 5.74) is 7.70. The predicted molar refractivity (Wildman–Crippen MR) is 73.7 cm³/mol. The quantitative estimate of drug-likeness (QED) is 0.642. The van der Waals surface area contributed by atoms with Crippen molar-refractivity contribution in [1.29, 1.82) is 0 Å². The van der Waals surface area contributed by atoms with Crippen molar-refractivity contribution < 1.29 is 8.78 Å². The van der Waals surface area contributed by atoms with Gasteiger partial charge in [-0.15, -0.1) is 0 Å². The fraction of sp³-hybridized carbons (Fsp3) is 0. The van der Waals surface area contributed by atoms with Gasteiger partial charge in [0.15, 0.2) is 0 Å². The monoisotopic (exact) mass is 255 g/mol. The van der Waals surface area contributed by atoms with E-state index in [0.717, 1.165) is 22.4 Å². The number of anilines is 1. The van der Waals surface area contributed by atoms with Gasteiger partial charge in [-0.3, -0.25) is 0 Å². The molecule has 0 aromatic heterocycles. The number of rotatable bonds is 1. The maximum atomic E-state index is 13.2. The highest BCUT2D eigenvalue weighted by atomic mass is 19.1. The van der Waals surface area contributed by atoms with E-state index in [4.69, 9.17) is 5.73 Å². The molecule has 3 rings (SSSR count). The summed E-state index contributed by atoms with van der Waals surface area (Å²) in [6, 6.07) is 14.7. The molecule has 2 N–H and O–H groups in total. The second-order valence-electron chi connectivity index (χ2n) is 4.48. The second kappa shape index (κ2) is 4.35. The third-order valence-electron chi connectivity index (χ3n) is 3.06. The summed E-state index contributed by atoms with van der Waals surface area (Å²) in [6.45, 7) is 0. The van der Waals surface area contributed by atoms with E-state index in [1.54, 1.807) is 6.07 Å². The van der Waals surface area contributed by atoms with E-state index in [-0.39, 0.29) is 0 Å². The number of hydrogen-bond acceptors (Lipinski definition) is 1. The van der Waals surface area contributed by atoms with Crippen LogP contribution in [0, 0.1) is 11.6 Å². The summed E-state index contributed by atoms with van der Waals surface area (Å²) in [7, 11) is 0. The van der Waals surface area contributed by atoms with Gasteiger partial charge >= 0.3 is 0 Å².